The molecule has 4 rings (SSSR count). The van der Waals surface area contributed by atoms with Gasteiger partial charge in [0.2, 0.25) is 11.8 Å². The zero-order valence-corrected chi connectivity index (χ0v) is 16.7. The fraction of sp³-hybridized carbons (Fsp3) is 0.409. The molecule has 0 saturated carbocycles. The van der Waals surface area contributed by atoms with Gasteiger partial charge < -0.3 is 15.1 Å². The number of anilines is 2. The maximum atomic E-state index is 12.6. The Hall–Kier alpha value is -3.47. The van der Waals surface area contributed by atoms with Crippen LogP contribution in [0.2, 0.25) is 0 Å². The van der Waals surface area contributed by atoms with Crippen LogP contribution in [0.25, 0.3) is 0 Å². The molecule has 1 N–H and O–H groups in total. The van der Waals surface area contributed by atoms with Gasteiger partial charge in [0, 0.05) is 50.7 Å². The Kier molecular flexibility index (Phi) is 5.89. The summed E-state index contributed by atoms with van der Waals surface area (Å²) >= 11 is 0. The first-order valence-corrected chi connectivity index (χ1v) is 10.2. The smallest absolute Gasteiger partial charge is 0.227 e. The number of carbonyl (C=O) groups is 2. The van der Waals surface area contributed by atoms with Crippen molar-refractivity contribution in [3.8, 4) is 6.07 Å². The van der Waals surface area contributed by atoms with Gasteiger partial charge in [0.1, 0.15) is 6.07 Å². The van der Waals surface area contributed by atoms with E-state index in [9.17, 15) is 14.9 Å². The number of nitrogens with one attached hydrogen (secondary N) is 1. The standard InChI is InChI=1S/C22H24N6O2/c23-13-19-21(25-9-8-24-19)27-10-6-16(7-11-27)14-26-22(30)17-12-20(29)28(15-17)18-4-2-1-3-5-18/h1-5,8-9,16-17H,6-7,10-12,14-15H2,(H,26,30)/t17-/m1/s1. The second kappa shape index (κ2) is 8.91. The highest BCUT2D eigenvalue weighted by Gasteiger charge is 2.35. The van der Waals surface area contributed by atoms with E-state index in [0.29, 0.717) is 30.5 Å². The number of aromatic nitrogens is 2. The summed E-state index contributed by atoms with van der Waals surface area (Å²) in [6, 6.07) is 11.6. The lowest BCUT2D eigenvalue weighted by Crippen LogP contribution is -2.41. The van der Waals surface area contributed by atoms with Crippen LogP contribution in [0.4, 0.5) is 11.5 Å². The highest BCUT2D eigenvalue weighted by atomic mass is 16.2. The van der Waals surface area contributed by atoms with Gasteiger partial charge in [0.15, 0.2) is 11.5 Å². The van der Waals surface area contributed by atoms with Gasteiger partial charge in [-0.1, -0.05) is 18.2 Å². The van der Waals surface area contributed by atoms with Crippen LogP contribution in [-0.4, -0.2) is 48.0 Å². The Labute approximate surface area is 175 Å². The second-order valence-corrected chi connectivity index (χ2v) is 7.76. The molecular weight excluding hydrogens is 380 g/mol. The highest BCUT2D eigenvalue weighted by molar-refractivity contribution is 6.00. The van der Waals surface area contributed by atoms with Crippen LogP contribution in [-0.2, 0) is 9.59 Å². The van der Waals surface area contributed by atoms with Crippen LogP contribution in [0.5, 0.6) is 0 Å². The largest absolute Gasteiger partial charge is 0.356 e. The van der Waals surface area contributed by atoms with E-state index in [2.05, 4.69) is 26.3 Å². The van der Waals surface area contributed by atoms with Gasteiger partial charge in [-0.25, -0.2) is 9.97 Å². The van der Waals surface area contributed by atoms with E-state index in [4.69, 9.17) is 0 Å². The van der Waals surface area contributed by atoms with Crippen LogP contribution in [0.1, 0.15) is 25.0 Å². The molecule has 0 aliphatic carbocycles. The molecule has 2 aromatic rings. The van der Waals surface area contributed by atoms with Gasteiger partial charge in [-0.3, -0.25) is 9.59 Å². The average molecular weight is 404 g/mol. The molecule has 30 heavy (non-hydrogen) atoms. The van der Waals surface area contributed by atoms with Gasteiger partial charge in [-0.2, -0.15) is 5.26 Å². The predicted octanol–water partition coefficient (Wildman–Crippen LogP) is 1.73. The summed E-state index contributed by atoms with van der Waals surface area (Å²) in [5.74, 6) is 0.634. The first-order valence-electron chi connectivity index (χ1n) is 10.2. The average Bonchev–Trinajstić information content (AvgIpc) is 3.20. The number of piperidine rings is 1. The summed E-state index contributed by atoms with van der Waals surface area (Å²) in [4.78, 5) is 37.1. The van der Waals surface area contributed by atoms with E-state index < -0.39 is 0 Å². The lowest BCUT2D eigenvalue weighted by atomic mass is 9.96. The lowest BCUT2D eigenvalue weighted by Gasteiger charge is -2.33. The second-order valence-electron chi connectivity index (χ2n) is 7.76. The summed E-state index contributed by atoms with van der Waals surface area (Å²) in [6.45, 7) is 2.58. The zero-order valence-electron chi connectivity index (χ0n) is 16.7. The Bertz CT molecular complexity index is 950. The zero-order chi connectivity index (χ0) is 20.9. The quantitative estimate of drug-likeness (QED) is 0.814. The first-order chi connectivity index (χ1) is 14.7. The molecule has 2 fully saturated rings. The molecular formula is C22H24N6O2. The fourth-order valence-electron chi connectivity index (χ4n) is 4.12. The van der Waals surface area contributed by atoms with E-state index in [1.54, 1.807) is 11.1 Å². The number of hydrogen-bond donors (Lipinski definition) is 1. The first kappa shape index (κ1) is 19.8. The molecule has 2 aliphatic heterocycles. The van der Waals surface area contributed by atoms with E-state index in [0.717, 1.165) is 31.6 Å². The Balaban J connectivity index is 1.26. The predicted molar refractivity (Wildman–Crippen MR) is 112 cm³/mol. The van der Waals surface area contributed by atoms with E-state index in [1.165, 1.54) is 6.20 Å². The van der Waals surface area contributed by atoms with Crippen molar-refractivity contribution in [2.24, 2.45) is 11.8 Å². The molecule has 8 nitrogen and oxygen atoms in total. The number of amides is 2. The Morgan fingerprint density at radius 1 is 1.17 bits per heavy atom. The third-order valence-electron chi connectivity index (χ3n) is 5.83. The normalized spacial score (nSPS) is 19.6. The van der Waals surface area contributed by atoms with Crippen molar-refractivity contribution in [2.45, 2.75) is 19.3 Å². The SMILES string of the molecule is N#Cc1nccnc1N1CCC(CNC(=O)[C@@H]2CC(=O)N(c3ccccc3)C2)CC1. The maximum absolute atomic E-state index is 12.6. The summed E-state index contributed by atoms with van der Waals surface area (Å²) in [5.41, 5.74) is 1.18. The molecule has 0 spiro atoms. The fourth-order valence-corrected chi connectivity index (χ4v) is 4.12. The van der Waals surface area contributed by atoms with Crippen molar-refractivity contribution in [1.29, 1.82) is 5.26 Å². The molecule has 2 amide bonds. The summed E-state index contributed by atoms with van der Waals surface area (Å²) < 4.78 is 0. The Morgan fingerprint density at radius 3 is 2.63 bits per heavy atom. The number of rotatable bonds is 5. The summed E-state index contributed by atoms with van der Waals surface area (Å²) in [6.07, 6.45) is 5.19. The van der Waals surface area contributed by atoms with Gasteiger partial charge in [0.25, 0.3) is 0 Å². The molecule has 2 aliphatic rings. The number of carbonyl (C=O) groups excluding carboxylic acids is 2. The molecule has 0 unspecified atom stereocenters. The topological polar surface area (TPSA) is 102 Å². The minimum Gasteiger partial charge on any atom is -0.356 e. The number of para-hydroxylation sites is 1. The third-order valence-corrected chi connectivity index (χ3v) is 5.83. The van der Waals surface area contributed by atoms with E-state index in [1.807, 2.05) is 30.3 Å². The van der Waals surface area contributed by atoms with Crippen molar-refractivity contribution < 1.29 is 9.59 Å². The monoisotopic (exact) mass is 404 g/mol. The van der Waals surface area contributed by atoms with Crippen molar-refractivity contribution in [3.05, 3.63) is 48.4 Å². The van der Waals surface area contributed by atoms with Crippen LogP contribution < -0.4 is 15.1 Å². The molecule has 1 aromatic carbocycles. The molecule has 8 heteroatoms. The minimum absolute atomic E-state index is 0.00748. The van der Waals surface area contributed by atoms with Crippen molar-refractivity contribution in [3.63, 3.8) is 0 Å². The van der Waals surface area contributed by atoms with Crippen LogP contribution in [0.3, 0.4) is 0 Å². The number of nitrogens with zero attached hydrogens (tertiary/aromatic N) is 5. The molecule has 1 aromatic heterocycles. The highest BCUT2D eigenvalue weighted by Crippen LogP contribution is 2.26. The Morgan fingerprint density at radius 2 is 1.90 bits per heavy atom. The van der Waals surface area contributed by atoms with Gasteiger partial charge in [0.05, 0.1) is 5.92 Å². The van der Waals surface area contributed by atoms with Gasteiger partial charge in [-0.15, -0.1) is 0 Å². The van der Waals surface area contributed by atoms with Crippen molar-refractivity contribution in [2.75, 3.05) is 36.0 Å². The summed E-state index contributed by atoms with van der Waals surface area (Å²) in [5, 5.41) is 12.3. The van der Waals surface area contributed by atoms with E-state index >= 15 is 0 Å². The summed E-state index contributed by atoms with van der Waals surface area (Å²) in [7, 11) is 0. The van der Waals surface area contributed by atoms with Crippen LogP contribution in [0, 0.1) is 23.2 Å². The third kappa shape index (κ3) is 4.25. The van der Waals surface area contributed by atoms with E-state index in [-0.39, 0.29) is 24.2 Å². The lowest BCUT2D eigenvalue weighted by molar-refractivity contribution is -0.126. The molecule has 1 atom stereocenters. The molecule has 3 heterocycles. The number of benzene rings is 1. The van der Waals surface area contributed by atoms with Crippen molar-refractivity contribution >= 4 is 23.3 Å². The minimum atomic E-state index is -0.310. The van der Waals surface area contributed by atoms with Crippen LogP contribution in [0.15, 0.2) is 42.7 Å². The van der Waals surface area contributed by atoms with Crippen LogP contribution >= 0.6 is 0 Å². The molecule has 0 bridgehead atoms. The van der Waals surface area contributed by atoms with Gasteiger partial charge in [-0.05, 0) is 30.9 Å². The molecule has 2 saturated heterocycles. The maximum Gasteiger partial charge on any atom is 0.227 e. The van der Waals surface area contributed by atoms with Crippen molar-refractivity contribution in [1.82, 2.24) is 15.3 Å². The number of nitriles is 1. The molecule has 154 valence electrons. The number of hydrogen-bond acceptors (Lipinski definition) is 6. The molecule has 0 radical (unpaired) electrons. The van der Waals surface area contributed by atoms with Gasteiger partial charge >= 0.3 is 0 Å².